The summed E-state index contributed by atoms with van der Waals surface area (Å²) in [7, 11) is 0. The van der Waals surface area contributed by atoms with Crippen molar-refractivity contribution in [1.82, 2.24) is 0 Å². The number of carbonyl (C=O) groups excluding carboxylic acids is 4. The van der Waals surface area contributed by atoms with Crippen molar-refractivity contribution in [2.45, 2.75) is 91.7 Å². The van der Waals surface area contributed by atoms with Crippen LogP contribution in [0.5, 0.6) is 11.5 Å². The van der Waals surface area contributed by atoms with Crippen molar-refractivity contribution in [2.75, 3.05) is 19.8 Å². The van der Waals surface area contributed by atoms with E-state index in [-0.39, 0.29) is 43.7 Å². The molecular formula is C28H43NO10. The van der Waals surface area contributed by atoms with Crippen molar-refractivity contribution in [3.63, 3.8) is 0 Å². The molecule has 1 aromatic rings. The Kier molecular flexibility index (Phi) is 16.3. The largest absolute Gasteiger partial charge is 0.513 e. The second-order valence-corrected chi connectivity index (χ2v) is 9.56. The number of unbranched alkanes of at least 4 members (excludes halogenated alkanes) is 2. The molecule has 0 spiro atoms. The Balaban J connectivity index is 2.78. The second kappa shape index (κ2) is 18.8. The summed E-state index contributed by atoms with van der Waals surface area (Å²) < 4.78 is 30.9. The van der Waals surface area contributed by atoms with Gasteiger partial charge in [-0.1, -0.05) is 46.6 Å². The van der Waals surface area contributed by atoms with Gasteiger partial charge in [0.2, 0.25) is 0 Å². The van der Waals surface area contributed by atoms with Crippen LogP contribution in [-0.4, -0.2) is 56.2 Å². The first kappa shape index (κ1) is 33.7. The average molecular weight is 554 g/mol. The van der Waals surface area contributed by atoms with E-state index in [1.165, 1.54) is 12.1 Å². The Bertz CT molecular complexity index is 918. The molecule has 0 aliphatic carbocycles. The minimum atomic E-state index is -1.05. The van der Waals surface area contributed by atoms with Crippen molar-refractivity contribution >= 4 is 24.2 Å². The molecule has 39 heavy (non-hydrogen) atoms. The summed E-state index contributed by atoms with van der Waals surface area (Å²) in [6, 6.07) is 3.34. The third-order valence-electron chi connectivity index (χ3n) is 5.31. The Labute approximate surface area is 230 Å². The molecule has 0 heterocycles. The minimum Gasteiger partial charge on any atom is -0.461 e. The lowest BCUT2D eigenvalue weighted by Crippen LogP contribution is -2.36. The summed E-state index contributed by atoms with van der Waals surface area (Å²) in [5, 5.41) is 0. The summed E-state index contributed by atoms with van der Waals surface area (Å²) in [5.74, 6) is -0.822. The summed E-state index contributed by atoms with van der Waals surface area (Å²) in [6.07, 6.45) is 1.51. The molecule has 0 unspecified atom stereocenters. The lowest BCUT2D eigenvalue weighted by molar-refractivity contribution is -0.158. The highest BCUT2D eigenvalue weighted by molar-refractivity contribution is 5.76. The van der Waals surface area contributed by atoms with Crippen molar-refractivity contribution in [2.24, 2.45) is 11.7 Å². The maximum Gasteiger partial charge on any atom is 0.513 e. The topological polar surface area (TPSA) is 150 Å². The van der Waals surface area contributed by atoms with Crippen LogP contribution in [0.4, 0.5) is 9.59 Å². The first-order chi connectivity index (χ1) is 18.5. The van der Waals surface area contributed by atoms with Gasteiger partial charge >= 0.3 is 24.2 Å². The van der Waals surface area contributed by atoms with Gasteiger partial charge in [-0.05, 0) is 56.2 Å². The SMILES string of the molecule is CCCCOC(=O)Oc1ccc(C[C@H](N)C(=O)OC[C@H](C)OC(=O)CCC(C)C)cc1OC(=O)OCCCC. The van der Waals surface area contributed by atoms with Crippen LogP contribution in [0.1, 0.15) is 78.7 Å². The van der Waals surface area contributed by atoms with Crippen LogP contribution < -0.4 is 15.2 Å². The van der Waals surface area contributed by atoms with E-state index >= 15 is 0 Å². The predicted octanol–water partition coefficient (Wildman–Crippen LogP) is 5.10. The summed E-state index contributed by atoms with van der Waals surface area (Å²) in [4.78, 5) is 48.4. The number of esters is 2. The van der Waals surface area contributed by atoms with Gasteiger partial charge in [0, 0.05) is 6.42 Å². The molecular weight excluding hydrogens is 510 g/mol. The van der Waals surface area contributed by atoms with Crippen LogP contribution in [0.2, 0.25) is 0 Å². The zero-order chi connectivity index (χ0) is 29.2. The van der Waals surface area contributed by atoms with Crippen molar-refractivity contribution in [1.29, 1.82) is 0 Å². The molecule has 11 nitrogen and oxygen atoms in total. The molecule has 2 N–H and O–H groups in total. The first-order valence-corrected chi connectivity index (χ1v) is 13.5. The highest BCUT2D eigenvalue weighted by Gasteiger charge is 2.21. The Hall–Kier alpha value is -3.34. The van der Waals surface area contributed by atoms with E-state index in [4.69, 9.17) is 34.2 Å². The number of carbonyl (C=O) groups is 4. The monoisotopic (exact) mass is 553 g/mol. The Morgan fingerprint density at radius 1 is 0.846 bits per heavy atom. The molecule has 0 amide bonds. The van der Waals surface area contributed by atoms with Crippen molar-refractivity contribution in [3.05, 3.63) is 23.8 Å². The second-order valence-electron chi connectivity index (χ2n) is 9.56. The standard InChI is InChI=1S/C28H43NO10/c1-6-8-14-34-27(32)38-23-12-11-21(17-24(23)39-28(33)35-15-9-7-2)16-22(29)26(31)36-18-20(5)37-25(30)13-10-19(3)4/h11-12,17,19-20,22H,6-10,13-16,18,29H2,1-5H3/t20-,22-/m0/s1. The van der Waals surface area contributed by atoms with Gasteiger partial charge in [0.15, 0.2) is 11.5 Å². The molecule has 0 aliphatic rings. The molecule has 0 saturated heterocycles. The molecule has 220 valence electrons. The van der Waals surface area contributed by atoms with Gasteiger partial charge in [0.1, 0.15) is 18.8 Å². The van der Waals surface area contributed by atoms with Gasteiger partial charge in [0.05, 0.1) is 13.2 Å². The van der Waals surface area contributed by atoms with Gasteiger partial charge < -0.3 is 34.2 Å². The van der Waals surface area contributed by atoms with Crippen molar-refractivity contribution in [3.8, 4) is 11.5 Å². The molecule has 0 aromatic heterocycles. The van der Waals surface area contributed by atoms with E-state index in [1.54, 1.807) is 13.0 Å². The van der Waals surface area contributed by atoms with Gasteiger partial charge in [-0.15, -0.1) is 0 Å². The Morgan fingerprint density at radius 2 is 1.44 bits per heavy atom. The van der Waals surface area contributed by atoms with E-state index in [0.29, 0.717) is 37.2 Å². The number of ether oxygens (including phenoxy) is 6. The molecule has 0 bridgehead atoms. The van der Waals surface area contributed by atoms with E-state index in [0.717, 1.165) is 12.8 Å². The van der Waals surface area contributed by atoms with E-state index in [9.17, 15) is 19.2 Å². The number of rotatable bonds is 17. The minimum absolute atomic E-state index is 0.0316. The van der Waals surface area contributed by atoms with Gasteiger partial charge in [-0.3, -0.25) is 9.59 Å². The number of nitrogens with two attached hydrogens (primary N) is 1. The highest BCUT2D eigenvalue weighted by Crippen LogP contribution is 2.30. The normalized spacial score (nSPS) is 12.3. The highest BCUT2D eigenvalue weighted by atomic mass is 16.7. The zero-order valence-corrected chi connectivity index (χ0v) is 23.7. The average Bonchev–Trinajstić information content (AvgIpc) is 2.87. The number of hydrogen-bond acceptors (Lipinski definition) is 11. The molecule has 0 saturated carbocycles. The van der Waals surface area contributed by atoms with Crippen LogP contribution in [0.3, 0.4) is 0 Å². The molecule has 0 fully saturated rings. The lowest BCUT2D eigenvalue weighted by Gasteiger charge is -2.17. The van der Waals surface area contributed by atoms with E-state index in [2.05, 4.69) is 0 Å². The summed E-state index contributed by atoms with van der Waals surface area (Å²) >= 11 is 0. The van der Waals surface area contributed by atoms with Crippen LogP contribution in [-0.2, 0) is 35.0 Å². The van der Waals surface area contributed by atoms with Crippen molar-refractivity contribution < 1.29 is 47.6 Å². The first-order valence-electron chi connectivity index (χ1n) is 13.5. The molecule has 11 heteroatoms. The lowest BCUT2D eigenvalue weighted by atomic mass is 10.1. The molecule has 0 radical (unpaired) electrons. The quantitative estimate of drug-likeness (QED) is 0.119. The van der Waals surface area contributed by atoms with Gasteiger partial charge in [-0.25, -0.2) is 9.59 Å². The van der Waals surface area contributed by atoms with Crippen LogP contribution >= 0.6 is 0 Å². The molecule has 1 rings (SSSR count). The molecule has 0 aliphatic heterocycles. The fourth-order valence-electron chi connectivity index (χ4n) is 3.05. The fraction of sp³-hybridized carbons (Fsp3) is 0.643. The maximum atomic E-state index is 12.4. The number of benzene rings is 1. The maximum absolute atomic E-state index is 12.4. The molecule has 2 atom stereocenters. The molecule has 1 aromatic carbocycles. The number of hydrogen-bond donors (Lipinski definition) is 1. The van der Waals surface area contributed by atoms with Crippen LogP contribution in [0.25, 0.3) is 0 Å². The van der Waals surface area contributed by atoms with Crippen LogP contribution in [0.15, 0.2) is 18.2 Å². The third kappa shape index (κ3) is 15.0. The third-order valence-corrected chi connectivity index (χ3v) is 5.31. The van der Waals surface area contributed by atoms with Gasteiger partial charge in [-0.2, -0.15) is 0 Å². The fourth-order valence-corrected chi connectivity index (χ4v) is 3.05. The summed E-state index contributed by atoms with van der Waals surface area (Å²) in [5.41, 5.74) is 6.53. The van der Waals surface area contributed by atoms with E-state index in [1.807, 2.05) is 27.7 Å². The van der Waals surface area contributed by atoms with Gasteiger partial charge in [0.25, 0.3) is 0 Å². The Morgan fingerprint density at radius 3 is 2.00 bits per heavy atom. The zero-order valence-electron chi connectivity index (χ0n) is 23.7. The van der Waals surface area contributed by atoms with Crippen LogP contribution in [0, 0.1) is 5.92 Å². The van der Waals surface area contributed by atoms with E-state index < -0.39 is 30.4 Å². The summed E-state index contributed by atoms with van der Waals surface area (Å²) in [6.45, 7) is 9.78. The smallest absolute Gasteiger partial charge is 0.461 e. The predicted molar refractivity (Wildman–Crippen MR) is 142 cm³/mol.